The van der Waals surface area contributed by atoms with Crippen LogP contribution in [0.15, 0.2) is 18.2 Å². The third-order valence-electron chi connectivity index (χ3n) is 3.42. The summed E-state index contributed by atoms with van der Waals surface area (Å²) in [5.74, 6) is 0.693. The minimum absolute atomic E-state index is 0.00688. The molecule has 0 bridgehead atoms. The Morgan fingerprint density at radius 2 is 2.11 bits per heavy atom. The van der Waals surface area contributed by atoms with Crippen molar-refractivity contribution in [1.29, 1.82) is 0 Å². The molecule has 98 valence electrons. The first kappa shape index (κ1) is 13.4. The Balaban J connectivity index is 2.14. The molecule has 0 spiro atoms. The zero-order valence-electron chi connectivity index (χ0n) is 11.0. The molecule has 0 fully saturated rings. The molecule has 0 saturated heterocycles. The van der Waals surface area contributed by atoms with E-state index >= 15 is 0 Å². The molecule has 3 heteroatoms. The fraction of sp³-hybridized carbons (Fsp3) is 0.533. The zero-order chi connectivity index (χ0) is 13.1. The lowest BCUT2D eigenvalue weighted by atomic mass is 9.95. The van der Waals surface area contributed by atoms with Crippen molar-refractivity contribution in [2.24, 2.45) is 5.92 Å². The topological polar surface area (TPSA) is 29.1 Å². The number of hydrogen-bond acceptors (Lipinski definition) is 1. The van der Waals surface area contributed by atoms with Crippen LogP contribution in [0.2, 0.25) is 0 Å². The monoisotopic (exact) mass is 265 g/mol. The van der Waals surface area contributed by atoms with Gasteiger partial charge in [-0.15, -0.1) is 11.6 Å². The van der Waals surface area contributed by atoms with Crippen molar-refractivity contribution >= 4 is 17.5 Å². The highest BCUT2D eigenvalue weighted by Gasteiger charge is 2.18. The van der Waals surface area contributed by atoms with Gasteiger partial charge >= 0.3 is 0 Å². The van der Waals surface area contributed by atoms with Crippen molar-refractivity contribution in [1.82, 2.24) is 5.32 Å². The molecule has 0 aliphatic carbocycles. The molecule has 1 aromatic carbocycles. The van der Waals surface area contributed by atoms with Crippen LogP contribution in [0.4, 0.5) is 0 Å². The number of alkyl halides is 1. The van der Waals surface area contributed by atoms with E-state index in [0.29, 0.717) is 5.92 Å². The number of benzene rings is 1. The number of carbonyl (C=O) groups excluding carboxylic acids is 1. The van der Waals surface area contributed by atoms with E-state index in [1.54, 1.807) is 0 Å². The largest absolute Gasteiger partial charge is 0.352 e. The number of fused-ring (bicyclic) bond motifs is 1. The van der Waals surface area contributed by atoms with Gasteiger partial charge in [0.15, 0.2) is 0 Å². The van der Waals surface area contributed by atoms with Crippen LogP contribution in [0.5, 0.6) is 0 Å². The van der Waals surface area contributed by atoms with Crippen LogP contribution in [0.1, 0.15) is 53.6 Å². The van der Waals surface area contributed by atoms with E-state index in [-0.39, 0.29) is 11.3 Å². The highest BCUT2D eigenvalue weighted by Crippen LogP contribution is 2.29. The molecular weight excluding hydrogens is 246 g/mol. The molecule has 1 N–H and O–H groups in total. The lowest BCUT2D eigenvalue weighted by molar-refractivity contribution is 0.0946. The predicted octanol–water partition coefficient (Wildman–Crippen LogP) is 3.69. The van der Waals surface area contributed by atoms with Gasteiger partial charge in [-0.3, -0.25) is 4.79 Å². The summed E-state index contributed by atoms with van der Waals surface area (Å²) in [6, 6.07) is 6.07. The second-order valence-electron chi connectivity index (χ2n) is 5.36. The van der Waals surface area contributed by atoms with Crippen molar-refractivity contribution in [2.45, 2.75) is 38.5 Å². The van der Waals surface area contributed by atoms with Crippen LogP contribution in [-0.2, 0) is 6.42 Å². The lowest BCUT2D eigenvalue weighted by Gasteiger charge is -2.19. The molecule has 0 aromatic heterocycles. The average molecular weight is 266 g/mol. The quantitative estimate of drug-likeness (QED) is 0.827. The minimum atomic E-state index is 0.00688. The van der Waals surface area contributed by atoms with Crippen molar-refractivity contribution in [3.05, 3.63) is 34.9 Å². The molecule has 1 amide bonds. The Hall–Kier alpha value is -1.02. The van der Waals surface area contributed by atoms with Gasteiger partial charge in [0.05, 0.1) is 5.38 Å². The fourth-order valence-electron chi connectivity index (χ4n) is 2.27. The summed E-state index contributed by atoms with van der Waals surface area (Å²) in [4.78, 5) is 11.8. The summed E-state index contributed by atoms with van der Waals surface area (Å²) in [5.41, 5.74) is 3.00. The Labute approximate surface area is 114 Å². The lowest BCUT2D eigenvalue weighted by Crippen LogP contribution is -2.31. The SMILES string of the molecule is CC(C)CCC(Cl)c1ccc2c(c1)C(=O)NCC2. The van der Waals surface area contributed by atoms with Gasteiger partial charge < -0.3 is 5.32 Å². The summed E-state index contributed by atoms with van der Waals surface area (Å²) in [7, 11) is 0. The number of halogens is 1. The van der Waals surface area contributed by atoms with Crippen molar-refractivity contribution in [3.8, 4) is 0 Å². The third-order valence-corrected chi connectivity index (χ3v) is 3.89. The standard InChI is InChI=1S/C15H20ClNO/c1-10(2)3-6-14(16)12-5-4-11-7-8-17-15(18)13(11)9-12/h4-5,9-10,14H,3,6-8H2,1-2H3,(H,17,18). The minimum Gasteiger partial charge on any atom is -0.352 e. The van der Waals surface area contributed by atoms with Gasteiger partial charge in [0.25, 0.3) is 5.91 Å². The molecule has 2 nitrogen and oxygen atoms in total. The molecule has 1 heterocycles. The summed E-state index contributed by atoms with van der Waals surface area (Å²) < 4.78 is 0. The normalized spacial score (nSPS) is 16.3. The van der Waals surface area contributed by atoms with Gasteiger partial charge in [-0.25, -0.2) is 0 Å². The second kappa shape index (κ2) is 5.75. The number of carbonyl (C=O) groups is 1. The second-order valence-corrected chi connectivity index (χ2v) is 5.89. The first-order valence-corrected chi connectivity index (χ1v) is 7.06. The van der Waals surface area contributed by atoms with Gasteiger partial charge in [0.2, 0.25) is 0 Å². The summed E-state index contributed by atoms with van der Waals surface area (Å²) in [5, 5.41) is 2.88. The van der Waals surface area contributed by atoms with Gasteiger partial charge in [-0.2, -0.15) is 0 Å². The number of amides is 1. The molecule has 2 rings (SSSR count). The first-order chi connectivity index (χ1) is 8.58. The van der Waals surface area contributed by atoms with Crippen LogP contribution >= 0.6 is 11.6 Å². The van der Waals surface area contributed by atoms with Gasteiger partial charge in [-0.05, 0) is 42.4 Å². The maximum atomic E-state index is 11.8. The van der Waals surface area contributed by atoms with Crippen LogP contribution in [0, 0.1) is 5.92 Å². The van der Waals surface area contributed by atoms with Gasteiger partial charge in [0.1, 0.15) is 0 Å². The average Bonchev–Trinajstić information content (AvgIpc) is 2.36. The molecule has 1 aliphatic rings. The Morgan fingerprint density at radius 1 is 1.33 bits per heavy atom. The molecular formula is C15H20ClNO. The molecule has 1 aromatic rings. The Morgan fingerprint density at radius 3 is 2.83 bits per heavy atom. The smallest absolute Gasteiger partial charge is 0.251 e. The first-order valence-electron chi connectivity index (χ1n) is 6.63. The predicted molar refractivity (Wildman–Crippen MR) is 75.1 cm³/mol. The van der Waals surface area contributed by atoms with Crippen molar-refractivity contribution in [3.63, 3.8) is 0 Å². The van der Waals surface area contributed by atoms with Crippen LogP contribution < -0.4 is 5.32 Å². The van der Waals surface area contributed by atoms with E-state index in [0.717, 1.165) is 42.5 Å². The molecule has 0 radical (unpaired) electrons. The molecule has 18 heavy (non-hydrogen) atoms. The van der Waals surface area contributed by atoms with Gasteiger partial charge in [0, 0.05) is 12.1 Å². The Kier molecular flexibility index (Phi) is 4.28. The molecule has 1 unspecified atom stereocenters. The number of nitrogens with one attached hydrogen (secondary N) is 1. The molecule has 0 saturated carbocycles. The Bertz CT molecular complexity index is 442. The van der Waals surface area contributed by atoms with Crippen molar-refractivity contribution < 1.29 is 4.79 Å². The van der Waals surface area contributed by atoms with E-state index in [1.807, 2.05) is 12.1 Å². The summed E-state index contributed by atoms with van der Waals surface area (Å²) in [6.45, 7) is 5.14. The fourth-order valence-corrected chi connectivity index (χ4v) is 2.53. The highest BCUT2D eigenvalue weighted by molar-refractivity contribution is 6.20. The number of hydrogen-bond donors (Lipinski definition) is 1. The summed E-state index contributed by atoms with van der Waals surface area (Å²) in [6.07, 6.45) is 2.98. The van der Waals surface area contributed by atoms with E-state index in [9.17, 15) is 4.79 Å². The zero-order valence-corrected chi connectivity index (χ0v) is 11.8. The van der Waals surface area contributed by atoms with Crippen molar-refractivity contribution in [2.75, 3.05) is 6.54 Å². The van der Waals surface area contributed by atoms with E-state index in [1.165, 1.54) is 0 Å². The van der Waals surface area contributed by atoms with Gasteiger partial charge in [-0.1, -0.05) is 26.0 Å². The van der Waals surface area contributed by atoms with E-state index < -0.39 is 0 Å². The van der Waals surface area contributed by atoms with E-state index in [4.69, 9.17) is 11.6 Å². The molecule has 1 atom stereocenters. The maximum absolute atomic E-state index is 11.8. The maximum Gasteiger partial charge on any atom is 0.251 e. The summed E-state index contributed by atoms with van der Waals surface area (Å²) >= 11 is 6.41. The molecule has 1 aliphatic heterocycles. The van der Waals surface area contributed by atoms with Crippen LogP contribution in [0.25, 0.3) is 0 Å². The van der Waals surface area contributed by atoms with Crippen LogP contribution in [-0.4, -0.2) is 12.5 Å². The van der Waals surface area contributed by atoms with E-state index in [2.05, 4.69) is 25.2 Å². The number of rotatable bonds is 4. The third kappa shape index (κ3) is 3.05. The van der Waals surface area contributed by atoms with Crippen LogP contribution in [0.3, 0.4) is 0 Å². The highest BCUT2D eigenvalue weighted by atomic mass is 35.5.